The van der Waals surface area contributed by atoms with Crippen LogP contribution in [-0.2, 0) is 0 Å². The molecular weight excluding hydrogens is 283 g/mol. The number of nitrogens with zero attached hydrogens (tertiary/aromatic N) is 2. The van der Waals surface area contributed by atoms with Gasteiger partial charge in [-0.1, -0.05) is 11.6 Å². The zero-order valence-corrected chi connectivity index (χ0v) is 11.4. The van der Waals surface area contributed by atoms with Crippen molar-refractivity contribution in [3.05, 3.63) is 47.1 Å². The second-order valence-corrected chi connectivity index (χ2v) is 4.30. The molecule has 0 aliphatic heterocycles. The molecule has 2 N–H and O–H groups in total. The number of carbonyl (C=O) groups excluding carboxylic acids is 1. The van der Waals surface area contributed by atoms with E-state index in [1.165, 1.54) is 24.5 Å². The highest BCUT2D eigenvalue weighted by molar-refractivity contribution is 6.33. The number of benzene rings is 1. The first-order valence-electron chi connectivity index (χ1n) is 5.92. The molecule has 1 heterocycles. The molecular formula is C13H12ClFN4O. The van der Waals surface area contributed by atoms with E-state index in [0.717, 1.165) is 6.07 Å². The molecule has 0 radical (unpaired) electrons. The number of aromatic nitrogens is 2. The van der Waals surface area contributed by atoms with Crippen LogP contribution in [0.25, 0.3) is 0 Å². The van der Waals surface area contributed by atoms with Crippen LogP contribution in [0.5, 0.6) is 0 Å². The van der Waals surface area contributed by atoms with Crippen molar-refractivity contribution in [3.8, 4) is 0 Å². The van der Waals surface area contributed by atoms with Gasteiger partial charge < -0.3 is 10.6 Å². The number of carbonyl (C=O) groups is 1. The van der Waals surface area contributed by atoms with Crippen LogP contribution in [0, 0.1) is 5.82 Å². The summed E-state index contributed by atoms with van der Waals surface area (Å²) in [7, 11) is 0. The molecule has 104 valence electrons. The van der Waals surface area contributed by atoms with Gasteiger partial charge in [0, 0.05) is 6.54 Å². The fourth-order valence-corrected chi connectivity index (χ4v) is 1.71. The third-order valence-corrected chi connectivity index (χ3v) is 2.73. The Kier molecular flexibility index (Phi) is 4.47. The Morgan fingerprint density at radius 3 is 2.75 bits per heavy atom. The van der Waals surface area contributed by atoms with Gasteiger partial charge in [-0.25, -0.2) is 14.4 Å². The first-order chi connectivity index (χ1) is 9.60. The van der Waals surface area contributed by atoms with Gasteiger partial charge in [-0.3, -0.25) is 4.79 Å². The van der Waals surface area contributed by atoms with Crippen molar-refractivity contribution in [3.63, 3.8) is 0 Å². The molecule has 0 atom stereocenters. The molecule has 5 nitrogen and oxygen atoms in total. The van der Waals surface area contributed by atoms with E-state index >= 15 is 0 Å². The van der Waals surface area contributed by atoms with E-state index in [4.69, 9.17) is 11.6 Å². The Bertz CT molecular complexity index is 618. The highest BCUT2D eigenvalue weighted by Crippen LogP contribution is 2.22. The predicted molar refractivity (Wildman–Crippen MR) is 75.6 cm³/mol. The van der Waals surface area contributed by atoms with Crippen molar-refractivity contribution in [2.75, 3.05) is 17.2 Å². The van der Waals surface area contributed by atoms with Crippen molar-refractivity contribution in [1.29, 1.82) is 0 Å². The second kappa shape index (κ2) is 6.29. The van der Waals surface area contributed by atoms with Crippen LogP contribution in [-0.4, -0.2) is 22.4 Å². The lowest BCUT2D eigenvalue weighted by atomic mass is 10.3. The largest absolute Gasteiger partial charge is 0.369 e. The average Bonchev–Trinajstić information content (AvgIpc) is 2.43. The summed E-state index contributed by atoms with van der Waals surface area (Å²) in [5.74, 6) is -0.347. The summed E-state index contributed by atoms with van der Waals surface area (Å²) in [6.07, 6.45) is 2.81. The summed E-state index contributed by atoms with van der Waals surface area (Å²) in [5.41, 5.74) is 0.461. The number of hydrogen-bond acceptors (Lipinski definition) is 4. The molecule has 0 unspecified atom stereocenters. The fourth-order valence-electron chi connectivity index (χ4n) is 1.49. The van der Waals surface area contributed by atoms with Gasteiger partial charge >= 0.3 is 0 Å². The van der Waals surface area contributed by atoms with Crippen molar-refractivity contribution >= 4 is 29.0 Å². The van der Waals surface area contributed by atoms with Gasteiger partial charge in [0.1, 0.15) is 17.3 Å². The SMILES string of the molecule is CCNc1cnc(C(=O)Nc2ccc(F)cc2Cl)cn1. The molecule has 1 aromatic heterocycles. The maximum atomic E-state index is 12.9. The Hall–Kier alpha value is -2.21. The predicted octanol–water partition coefficient (Wildman–Crippen LogP) is 2.95. The Morgan fingerprint density at radius 1 is 1.35 bits per heavy atom. The van der Waals surface area contributed by atoms with E-state index < -0.39 is 11.7 Å². The lowest BCUT2D eigenvalue weighted by molar-refractivity contribution is 0.102. The summed E-state index contributed by atoms with van der Waals surface area (Å²) in [5, 5.41) is 5.64. The third-order valence-electron chi connectivity index (χ3n) is 2.42. The molecule has 0 aliphatic carbocycles. The van der Waals surface area contributed by atoms with Gasteiger partial charge in [0.2, 0.25) is 0 Å². The van der Waals surface area contributed by atoms with E-state index in [0.29, 0.717) is 18.1 Å². The summed E-state index contributed by atoms with van der Waals surface area (Å²) < 4.78 is 12.9. The van der Waals surface area contributed by atoms with Gasteiger partial charge in [-0.2, -0.15) is 0 Å². The van der Waals surface area contributed by atoms with Gasteiger partial charge in [0.15, 0.2) is 0 Å². The van der Waals surface area contributed by atoms with Gasteiger partial charge in [0.25, 0.3) is 5.91 Å². The molecule has 2 rings (SSSR count). The Labute approximate surface area is 120 Å². The smallest absolute Gasteiger partial charge is 0.275 e. The first-order valence-corrected chi connectivity index (χ1v) is 6.30. The molecule has 2 aromatic rings. The number of anilines is 2. The average molecular weight is 295 g/mol. The molecule has 0 aliphatic rings. The van der Waals surface area contributed by atoms with E-state index in [1.54, 1.807) is 0 Å². The zero-order valence-electron chi connectivity index (χ0n) is 10.7. The maximum absolute atomic E-state index is 12.9. The summed E-state index contributed by atoms with van der Waals surface area (Å²) >= 11 is 5.83. The molecule has 0 spiro atoms. The van der Waals surface area contributed by atoms with Crippen molar-refractivity contribution in [1.82, 2.24) is 9.97 Å². The number of amides is 1. The highest BCUT2D eigenvalue weighted by Gasteiger charge is 2.11. The minimum absolute atomic E-state index is 0.121. The second-order valence-electron chi connectivity index (χ2n) is 3.90. The van der Waals surface area contributed by atoms with Crippen LogP contribution in [0.3, 0.4) is 0 Å². The number of halogens is 2. The monoisotopic (exact) mass is 294 g/mol. The summed E-state index contributed by atoms with van der Waals surface area (Å²) in [4.78, 5) is 20.0. The lowest BCUT2D eigenvalue weighted by Crippen LogP contribution is -2.14. The number of rotatable bonds is 4. The van der Waals surface area contributed by atoms with Crippen LogP contribution in [0.2, 0.25) is 5.02 Å². The number of hydrogen-bond donors (Lipinski definition) is 2. The van der Waals surface area contributed by atoms with Crippen LogP contribution < -0.4 is 10.6 Å². The molecule has 0 saturated heterocycles. The molecule has 0 saturated carbocycles. The normalized spacial score (nSPS) is 10.2. The standard InChI is InChI=1S/C13H12ClFN4O/c1-2-16-12-7-17-11(6-18-12)13(20)19-10-4-3-8(15)5-9(10)14/h3-7H,2H2,1H3,(H,16,18)(H,19,20). The first kappa shape index (κ1) is 14.2. The Balaban J connectivity index is 2.11. The quantitative estimate of drug-likeness (QED) is 0.910. The van der Waals surface area contributed by atoms with Crippen LogP contribution in [0.1, 0.15) is 17.4 Å². The number of nitrogens with one attached hydrogen (secondary N) is 2. The topological polar surface area (TPSA) is 66.9 Å². The summed E-state index contributed by atoms with van der Waals surface area (Å²) in [6, 6.07) is 3.72. The van der Waals surface area contributed by atoms with E-state index in [1.807, 2.05) is 6.92 Å². The van der Waals surface area contributed by atoms with Gasteiger partial charge in [-0.05, 0) is 25.1 Å². The van der Waals surface area contributed by atoms with Gasteiger partial charge in [-0.15, -0.1) is 0 Å². The van der Waals surface area contributed by atoms with E-state index in [2.05, 4.69) is 20.6 Å². The summed E-state index contributed by atoms with van der Waals surface area (Å²) in [6.45, 7) is 2.64. The highest BCUT2D eigenvalue weighted by atomic mass is 35.5. The van der Waals surface area contributed by atoms with Crippen molar-refractivity contribution in [2.24, 2.45) is 0 Å². The molecule has 20 heavy (non-hydrogen) atoms. The minimum Gasteiger partial charge on any atom is -0.369 e. The Morgan fingerprint density at radius 2 is 2.15 bits per heavy atom. The molecule has 1 aromatic carbocycles. The van der Waals surface area contributed by atoms with Crippen LogP contribution in [0.15, 0.2) is 30.6 Å². The molecule has 0 fully saturated rings. The maximum Gasteiger partial charge on any atom is 0.275 e. The lowest BCUT2D eigenvalue weighted by Gasteiger charge is -2.07. The van der Waals surface area contributed by atoms with Crippen LogP contribution >= 0.6 is 11.6 Å². The van der Waals surface area contributed by atoms with Crippen LogP contribution in [0.4, 0.5) is 15.9 Å². The molecule has 0 bridgehead atoms. The van der Waals surface area contributed by atoms with E-state index in [-0.39, 0.29) is 10.7 Å². The van der Waals surface area contributed by atoms with Crippen molar-refractivity contribution in [2.45, 2.75) is 6.92 Å². The zero-order chi connectivity index (χ0) is 14.5. The minimum atomic E-state index is -0.470. The molecule has 7 heteroatoms. The third kappa shape index (κ3) is 3.42. The molecule has 1 amide bonds. The fraction of sp³-hybridized carbons (Fsp3) is 0.154. The van der Waals surface area contributed by atoms with E-state index in [9.17, 15) is 9.18 Å². The van der Waals surface area contributed by atoms with Crippen molar-refractivity contribution < 1.29 is 9.18 Å². The van der Waals surface area contributed by atoms with Gasteiger partial charge in [0.05, 0.1) is 23.1 Å².